The van der Waals surface area contributed by atoms with Gasteiger partial charge < -0.3 is 4.74 Å². The number of carbonyl (C=O) groups is 1. The van der Waals surface area contributed by atoms with Gasteiger partial charge in [-0.3, -0.25) is 4.79 Å². The fourth-order valence-electron chi connectivity index (χ4n) is 2.14. The van der Waals surface area contributed by atoms with Crippen molar-refractivity contribution in [3.05, 3.63) is 65.2 Å². The summed E-state index contributed by atoms with van der Waals surface area (Å²) in [5, 5.41) is 0. The summed E-state index contributed by atoms with van der Waals surface area (Å²) in [6, 6.07) is 15.6. The summed E-state index contributed by atoms with van der Waals surface area (Å²) in [5.41, 5.74) is 3.09. The summed E-state index contributed by atoms with van der Waals surface area (Å²) >= 11 is 0. The van der Waals surface area contributed by atoms with Gasteiger partial charge in [0.05, 0.1) is 12.7 Å². The maximum atomic E-state index is 12.2. The Hall–Kier alpha value is -2.09. The molecule has 0 bridgehead atoms. The third kappa shape index (κ3) is 3.44. The highest BCUT2D eigenvalue weighted by atomic mass is 16.5. The number of para-hydroxylation sites is 1. The number of methoxy groups -OCH3 is 1. The number of rotatable bonds is 5. The van der Waals surface area contributed by atoms with Crippen molar-refractivity contribution in [3.63, 3.8) is 0 Å². The standard InChI is InChI=1S/C17H18O2/c1-13-6-5-7-14(12-13)10-11-16(18)15-8-3-4-9-17(15)19-2/h3-9,12H,10-11H2,1-2H3. The maximum Gasteiger partial charge on any atom is 0.166 e. The van der Waals surface area contributed by atoms with Crippen LogP contribution in [0, 0.1) is 6.92 Å². The Labute approximate surface area is 114 Å². The smallest absolute Gasteiger partial charge is 0.166 e. The summed E-state index contributed by atoms with van der Waals surface area (Å²) in [7, 11) is 1.59. The van der Waals surface area contributed by atoms with Gasteiger partial charge >= 0.3 is 0 Å². The molecule has 0 N–H and O–H groups in total. The Morgan fingerprint density at radius 3 is 2.63 bits per heavy atom. The first kappa shape index (κ1) is 13.3. The largest absolute Gasteiger partial charge is 0.496 e. The number of hydrogen-bond donors (Lipinski definition) is 0. The van der Waals surface area contributed by atoms with Crippen LogP contribution in [-0.4, -0.2) is 12.9 Å². The summed E-state index contributed by atoms with van der Waals surface area (Å²) in [4.78, 5) is 12.2. The molecule has 2 rings (SSSR count). The summed E-state index contributed by atoms with van der Waals surface area (Å²) in [6.45, 7) is 2.06. The molecular weight excluding hydrogens is 236 g/mol. The molecule has 0 atom stereocenters. The van der Waals surface area contributed by atoms with E-state index < -0.39 is 0 Å². The van der Waals surface area contributed by atoms with Crippen molar-refractivity contribution in [2.75, 3.05) is 7.11 Å². The summed E-state index contributed by atoms with van der Waals surface area (Å²) in [5.74, 6) is 0.774. The van der Waals surface area contributed by atoms with Crippen molar-refractivity contribution in [1.29, 1.82) is 0 Å². The van der Waals surface area contributed by atoms with Crippen molar-refractivity contribution >= 4 is 5.78 Å². The maximum absolute atomic E-state index is 12.2. The molecule has 0 aliphatic rings. The third-order valence-corrected chi connectivity index (χ3v) is 3.13. The molecule has 2 aromatic carbocycles. The highest BCUT2D eigenvalue weighted by Gasteiger charge is 2.11. The second-order valence-electron chi connectivity index (χ2n) is 4.61. The lowest BCUT2D eigenvalue weighted by Gasteiger charge is -2.07. The van der Waals surface area contributed by atoms with E-state index in [1.807, 2.05) is 30.3 Å². The molecule has 19 heavy (non-hydrogen) atoms. The molecule has 0 amide bonds. The van der Waals surface area contributed by atoms with Crippen molar-refractivity contribution in [3.8, 4) is 5.75 Å². The van der Waals surface area contributed by atoms with Crippen LogP contribution in [0.3, 0.4) is 0 Å². The normalized spacial score (nSPS) is 10.2. The van der Waals surface area contributed by atoms with E-state index in [0.29, 0.717) is 17.7 Å². The number of ether oxygens (including phenoxy) is 1. The average molecular weight is 254 g/mol. The second-order valence-corrected chi connectivity index (χ2v) is 4.61. The zero-order chi connectivity index (χ0) is 13.7. The van der Waals surface area contributed by atoms with E-state index in [4.69, 9.17) is 4.74 Å². The monoisotopic (exact) mass is 254 g/mol. The van der Waals surface area contributed by atoms with Gasteiger partial charge in [-0.15, -0.1) is 0 Å². The zero-order valence-corrected chi connectivity index (χ0v) is 11.3. The predicted molar refractivity (Wildman–Crippen MR) is 76.8 cm³/mol. The fraction of sp³-hybridized carbons (Fsp3) is 0.235. The molecule has 0 heterocycles. The van der Waals surface area contributed by atoms with Gasteiger partial charge in [-0.25, -0.2) is 0 Å². The van der Waals surface area contributed by atoms with Gasteiger partial charge in [0.25, 0.3) is 0 Å². The Bertz CT molecular complexity index is 573. The van der Waals surface area contributed by atoms with Crippen LogP contribution >= 0.6 is 0 Å². The van der Waals surface area contributed by atoms with Crippen LogP contribution in [0.1, 0.15) is 27.9 Å². The highest BCUT2D eigenvalue weighted by Crippen LogP contribution is 2.20. The van der Waals surface area contributed by atoms with E-state index in [9.17, 15) is 4.79 Å². The van der Waals surface area contributed by atoms with Gasteiger partial charge in [0, 0.05) is 6.42 Å². The topological polar surface area (TPSA) is 26.3 Å². The molecule has 0 saturated carbocycles. The lowest BCUT2D eigenvalue weighted by Crippen LogP contribution is -2.03. The van der Waals surface area contributed by atoms with E-state index in [-0.39, 0.29) is 5.78 Å². The van der Waals surface area contributed by atoms with Crippen molar-refractivity contribution in [1.82, 2.24) is 0 Å². The van der Waals surface area contributed by atoms with Crippen LogP contribution in [0.5, 0.6) is 5.75 Å². The first-order valence-electron chi connectivity index (χ1n) is 6.42. The van der Waals surface area contributed by atoms with Gasteiger partial charge in [-0.2, -0.15) is 0 Å². The Kier molecular flexibility index (Phi) is 4.35. The first-order chi connectivity index (χ1) is 9.20. The van der Waals surface area contributed by atoms with Crippen LogP contribution in [0.2, 0.25) is 0 Å². The number of Topliss-reactive ketones (excluding diaryl/α,β-unsaturated/α-hetero) is 1. The molecule has 0 fully saturated rings. The molecule has 0 aliphatic carbocycles. The molecule has 98 valence electrons. The second kappa shape index (κ2) is 6.19. The SMILES string of the molecule is COc1ccccc1C(=O)CCc1cccc(C)c1. The van der Waals surface area contributed by atoms with Crippen LogP contribution in [0.15, 0.2) is 48.5 Å². The molecule has 0 saturated heterocycles. The molecule has 2 aromatic rings. The molecule has 0 unspecified atom stereocenters. The minimum Gasteiger partial charge on any atom is -0.496 e. The first-order valence-corrected chi connectivity index (χ1v) is 6.42. The van der Waals surface area contributed by atoms with Crippen LogP contribution in [-0.2, 0) is 6.42 Å². The number of aryl methyl sites for hydroxylation is 2. The Morgan fingerprint density at radius 1 is 1.11 bits per heavy atom. The van der Waals surface area contributed by atoms with E-state index in [0.717, 1.165) is 6.42 Å². The third-order valence-electron chi connectivity index (χ3n) is 3.13. The number of ketones is 1. The minimum atomic E-state index is 0.124. The van der Waals surface area contributed by atoms with Gasteiger partial charge in [-0.1, -0.05) is 42.0 Å². The van der Waals surface area contributed by atoms with Crippen molar-refractivity contribution < 1.29 is 9.53 Å². The summed E-state index contributed by atoms with van der Waals surface area (Å²) < 4.78 is 5.22. The molecular formula is C17H18O2. The number of carbonyl (C=O) groups excluding carboxylic acids is 1. The number of hydrogen-bond acceptors (Lipinski definition) is 2. The molecule has 0 radical (unpaired) electrons. The molecule has 2 nitrogen and oxygen atoms in total. The number of benzene rings is 2. The lowest BCUT2D eigenvalue weighted by molar-refractivity contribution is 0.0980. The molecule has 0 aliphatic heterocycles. The van der Waals surface area contributed by atoms with E-state index in [1.54, 1.807) is 7.11 Å². The highest BCUT2D eigenvalue weighted by molar-refractivity contribution is 5.98. The van der Waals surface area contributed by atoms with Crippen LogP contribution < -0.4 is 4.74 Å². The van der Waals surface area contributed by atoms with Gasteiger partial charge in [0.2, 0.25) is 0 Å². The van der Waals surface area contributed by atoms with Gasteiger partial charge in [-0.05, 0) is 31.0 Å². The van der Waals surface area contributed by atoms with Crippen molar-refractivity contribution in [2.24, 2.45) is 0 Å². The molecule has 0 aromatic heterocycles. The van der Waals surface area contributed by atoms with E-state index >= 15 is 0 Å². The quantitative estimate of drug-likeness (QED) is 0.758. The van der Waals surface area contributed by atoms with Gasteiger partial charge in [0.1, 0.15) is 5.75 Å². The Balaban J connectivity index is 2.05. The average Bonchev–Trinajstić information content (AvgIpc) is 2.45. The summed E-state index contributed by atoms with van der Waals surface area (Å²) in [6.07, 6.45) is 1.27. The molecule has 2 heteroatoms. The molecule has 0 spiro atoms. The Morgan fingerprint density at radius 2 is 1.89 bits per heavy atom. The predicted octanol–water partition coefficient (Wildman–Crippen LogP) is 3.82. The zero-order valence-electron chi connectivity index (χ0n) is 11.3. The van der Waals surface area contributed by atoms with E-state index in [1.165, 1.54) is 11.1 Å². The fourth-order valence-corrected chi connectivity index (χ4v) is 2.14. The minimum absolute atomic E-state index is 0.124. The van der Waals surface area contributed by atoms with Crippen LogP contribution in [0.25, 0.3) is 0 Å². The van der Waals surface area contributed by atoms with Crippen LogP contribution in [0.4, 0.5) is 0 Å². The lowest BCUT2D eigenvalue weighted by atomic mass is 10.0. The van der Waals surface area contributed by atoms with Gasteiger partial charge in [0.15, 0.2) is 5.78 Å². The van der Waals surface area contributed by atoms with Crippen molar-refractivity contribution in [2.45, 2.75) is 19.8 Å². The van der Waals surface area contributed by atoms with E-state index in [2.05, 4.69) is 25.1 Å².